The average molecular weight is 355 g/mol. The number of pyridine rings is 1. The van der Waals surface area contributed by atoms with Gasteiger partial charge in [0.25, 0.3) is 0 Å². The molecule has 0 radical (unpaired) electrons. The molecular formula is C20H26N4S. The average Bonchev–Trinajstić information content (AvgIpc) is 2.63. The Kier molecular flexibility index (Phi) is 5.87. The van der Waals surface area contributed by atoms with Gasteiger partial charge in [0, 0.05) is 12.6 Å². The van der Waals surface area contributed by atoms with Crippen LogP contribution < -0.4 is 15.5 Å². The third-order valence-electron chi connectivity index (χ3n) is 4.75. The predicted molar refractivity (Wildman–Crippen MR) is 109 cm³/mol. The normalized spacial score (nSPS) is 18.5. The fourth-order valence-electron chi connectivity index (χ4n) is 3.26. The summed E-state index contributed by atoms with van der Waals surface area (Å²) < 4.78 is 0. The molecule has 1 aromatic carbocycles. The van der Waals surface area contributed by atoms with Crippen LogP contribution >= 0.6 is 12.2 Å². The van der Waals surface area contributed by atoms with Crippen molar-refractivity contribution in [2.75, 3.05) is 16.8 Å². The summed E-state index contributed by atoms with van der Waals surface area (Å²) in [6.07, 6.45) is 5.67. The molecule has 1 saturated heterocycles. The lowest BCUT2D eigenvalue weighted by molar-refractivity contribution is 0.481. The van der Waals surface area contributed by atoms with E-state index in [0.29, 0.717) is 11.2 Å². The first-order chi connectivity index (χ1) is 12.1. The predicted octanol–water partition coefficient (Wildman–Crippen LogP) is 4.51. The summed E-state index contributed by atoms with van der Waals surface area (Å²) in [5.41, 5.74) is 2.12. The number of benzene rings is 1. The van der Waals surface area contributed by atoms with Crippen molar-refractivity contribution in [1.29, 1.82) is 0 Å². The molecule has 1 aliphatic rings. The zero-order valence-electron chi connectivity index (χ0n) is 14.9. The van der Waals surface area contributed by atoms with Crippen LogP contribution in [0.2, 0.25) is 0 Å². The number of rotatable bonds is 4. The summed E-state index contributed by atoms with van der Waals surface area (Å²) in [6.45, 7) is 5.47. The molecule has 2 unspecified atom stereocenters. The Hall–Kier alpha value is -2.14. The molecule has 5 heteroatoms. The van der Waals surface area contributed by atoms with Crippen molar-refractivity contribution in [3.63, 3.8) is 0 Å². The van der Waals surface area contributed by atoms with Crippen LogP contribution in [0.3, 0.4) is 0 Å². The van der Waals surface area contributed by atoms with Gasteiger partial charge in [-0.15, -0.1) is 0 Å². The molecule has 2 aromatic rings. The Labute approximate surface area is 155 Å². The Morgan fingerprint density at radius 2 is 2.00 bits per heavy atom. The number of nitrogens with one attached hydrogen (secondary N) is 2. The van der Waals surface area contributed by atoms with E-state index >= 15 is 0 Å². The maximum atomic E-state index is 5.43. The second-order valence-corrected chi connectivity index (χ2v) is 7.08. The molecule has 25 heavy (non-hydrogen) atoms. The van der Waals surface area contributed by atoms with Crippen LogP contribution in [0.1, 0.15) is 44.7 Å². The van der Waals surface area contributed by atoms with Gasteiger partial charge in [-0.25, -0.2) is 4.98 Å². The van der Waals surface area contributed by atoms with Crippen LogP contribution in [-0.2, 0) is 0 Å². The second kappa shape index (κ2) is 8.30. The molecule has 0 amide bonds. The molecule has 1 fully saturated rings. The van der Waals surface area contributed by atoms with Crippen LogP contribution in [0.5, 0.6) is 0 Å². The van der Waals surface area contributed by atoms with Gasteiger partial charge in [0.05, 0.1) is 17.9 Å². The maximum Gasteiger partial charge on any atom is 0.171 e. The number of thiocarbonyl (C=S) groups is 1. The number of nitrogens with zero attached hydrogens (tertiary/aromatic N) is 2. The SMILES string of the molecule is CC(NC(=S)Nc1ccc(N2CCCCC2C)nc1)c1ccccc1. The maximum absolute atomic E-state index is 5.43. The number of hydrogen-bond donors (Lipinski definition) is 2. The summed E-state index contributed by atoms with van der Waals surface area (Å²) in [5, 5.41) is 7.14. The van der Waals surface area contributed by atoms with E-state index in [-0.39, 0.29) is 6.04 Å². The van der Waals surface area contributed by atoms with E-state index in [1.54, 1.807) is 0 Å². The molecule has 0 bridgehead atoms. The third-order valence-corrected chi connectivity index (χ3v) is 4.97. The van der Waals surface area contributed by atoms with Gasteiger partial charge in [-0.05, 0) is 63.0 Å². The summed E-state index contributed by atoms with van der Waals surface area (Å²) in [4.78, 5) is 7.01. The lowest BCUT2D eigenvalue weighted by atomic mass is 10.0. The first kappa shape index (κ1) is 17.7. The summed E-state index contributed by atoms with van der Waals surface area (Å²) in [7, 11) is 0. The highest BCUT2D eigenvalue weighted by Crippen LogP contribution is 2.23. The lowest BCUT2D eigenvalue weighted by Crippen LogP contribution is -2.38. The number of piperidine rings is 1. The minimum absolute atomic E-state index is 0.155. The highest BCUT2D eigenvalue weighted by atomic mass is 32.1. The zero-order chi connectivity index (χ0) is 17.6. The molecule has 132 valence electrons. The van der Waals surface area contributed by atoms with E-state index < -0.39 is 0 Å². The van der Waals surface area contributed by atoms with E-state index in [0.717, 1.165) is 18.1 Å². The molecule has 0 spiro atoms. The molecule has 1 aliphatic heterocycles. The van der Waals surface area contributed by atoms with Gasteiger partial charge in [0.2, 0.25) is 0 Å². The molecule has 0 saturated carbocycles. The van der Waals surface area contributed by atoms with Crippen molar-refractivity contribution < 1.29 is 0 Å². The van der Waals surface area contributed by atoms with Crippen molar-refractivity contribution in [2.24, 2.45) is 0 Å². The van der Waals surface area contributed by atoms with Crippen LogP contribution in [0.25, 0.3) is 0 Å². The van der Waals surface area contributed by atoms with Crippen molar-refractivity contribution in [1.82, 2.24) is 10.3 Å². The molecule has 0 aliphatic carbocycles. The standard InChI is InChI=1S/C20H26N4S/c1-15-8-6-7-13-24(15)19-12-11-18(14-21-19)23-20(25)22-16(2)17-9-4-3-5-10-17/h3-5,9-12,14-16H,6-8,13H2,1-2H3,(H2,22,23,25). The van der Waals surface area contributed by atoms with Crippen LogP contribution in [0, 0.1) is 0 Å². The van der Waals surface area contributed by atoms with E-state index in [9.17, 15) is 0 Å². The summed E-state index contributed by atoms with van der Waals surface area (Å²) in [6, 6.07) is 15.1. The van der Waals surface area contributed by atoms with Gasteiger partial charge >= 0.3 is 0 Å². The Balaban J connectivity index is 1.56. The van der Waals surface area contributed by atoms with Gasteiger partial charge in [0.15, 0.2) is 5.11 Å². The van der Waals surface area contributed by atoms with E-state index in [1.165, 1.54) is 24.8 Å². The van der Waals surface area contributed by atoms with Gasteiger partial charge in [-0.1, -0.05) is 30.3 Å². The molecule has 1 aromatic heterocycles. The Morgan fingerprint density at radius 1 is 1.20 bits per heavy atom. The van der Waals surface area contributed by atoms with Crippen LogP contribution in [0.15, 0.2) is 48.7 Å². The van der Waals surface area contributed by atoms with E-state index in [1.807, 2.05) is 30.5 Å². The molecule has 2 heterocycles. The minimum atomic E-state index is 0.155. The van der Waals surface area contributed by atoms with Crippen molar-refractivity contribution >= 4 is 28.8 Å². The van der Waals surface area contributed by atoms with Gasteiger partial charge < -0.3 is 15.5 Å². The first-order valence-electron chi connectivity index (χ1n) is 8.98. The summed E-state index contributed by atoms with van der Waals surface area (Å²) in [5.74, 6) is 1.05. The molecule has 2 atom stereocenters. The highest BCUT2D eigenvalue weighted by Gasteiger charge is 2.19. The summed E-state index contributed by atoms with van der Waals surface area (Å²) >= 11 is 5.43. The van der Waals surface area contributed by atoms with Gasteiger partial charge in [-0.3, -0.25) is 0 Å². The first-order valence-corrected chi connectivity index (χ1v) is 9.39. The number of aromatic nitrogens is 1. The van der Waals surface area contributed by atoms with Crippen molar-refractivity contribution in [3.05, 3.63) is 54.2 Å². The molecule has 4 nitrogen and oxygen atoms in total. The zero-order valence-corrected chi connectivity index (χ0v) is 15.7. The quantitative estimate of drug-likeness (QED) is 0.791. The van der Waals surface area contributed by atoms with E-state index in [4.69, 9.17) is 12.2 Å². The number of anilines is 2. The largest absolute Gasteiger partial charge is 0.356 e. The number of hydrogen-bond acceptors (Lipinski definition) is 3. The monoisotopic (exact) mass is 354 g/mol. The van der Waals surface area contributed by atoms with Crippen LogP contribution in [0.4, 0.5) is 11.5 Å². The van der Waals surface area contributed by atoms with Gasteiger partial charge in [0.1, 0.15) is 5.82 Å². The van der Waals surface area contributed by atoms with Crippen molar-refractivity contribution in [2.45, 2.75) is 45.2 Å². The highest BCUT2D eigenvalue weighted by molar-refractivity contribution is 7.80. The topological polar surface area (TPSA) is 40.2 Å². The van der Waals surface area contributed by atoms with Crippen molar-refractivity contribution in [3.8, 4) is 0 Å². The molecular weight excluding hydrogens is 328 g/mol. The lowest BCUT2D eigenvalue weighted by Gasteiger charge is -2.34. The fraction of sp³-hybridized carbons (Fsp3) is 0.400. The Bertz CT molecular complexity index is 687. The minimum Gasteiger partial charge on any atom is -0.356 e. The van der Waals surface area contributed by atoms with Gasteiger partial charge in [-0.2, -0.15) is 0 Å². The smallest absolute Gasteiger partial charge is 0.171 e. The van der Waals surface area contributed by atoms with E-state index in [2.05, 4.69) is 52.6 Å². The third kappa shape index (κ3) is 4.69. The molecule has 2 N–H and O–H groups in total. The molecule has 3 rings (SSSR count). The van der Waals surface area contributed by atoms with Crippen LogP contribution in [-0.4, -0.2) is 22.7 Å². The Morgan fingerprint density at radius 3 is 2.68 bits per heavy atom. The fourth-order valence-corrected chi connectivity index (χ4v) is 3.55. The second-order valence-electron chi connectivity index (χ2n) is 6.67.